The Morgan fingerprint density at radius 3 is 2.19 bits per heavy atom. The molecule has 0 aliphatic heterocycles. The minimum atomic E-state index is -3.65. The Labute approximate surface area is 194 Å². The van der Waals surface area contributed by atoms with Crippen LogP contribution in [0.15, 0.2) is 83.8 Å². The number of rotatable bonds is 9. The Kier molecular flexibility index (Phi) is 7.99. The third-order valence-corrected chi connectivity index (χ3v) is 7.30. The first-order valence-corrected chi connectivity index (χ1v) is 13.3. The average Bonchev–Trinajstić information content (AvgIpc) is 2.78. The van der Waals surface area contributed by atoms with Crippen molar-refractivity contribution in [3.63, 3.8) is 0 Å². The zero-order valence-corrected chi connectivity index (χ0v) is 20.1. The zero-order chi connectivity index (χ0) is 23.1. The molecule has 1 atom stereocenters. The molecule has 0 unspecified atom stereocenters. The van der Waals surface area contributed by atoms with Gasteiger partial charge < -0.3 is 5.32 Å². The number of nitrogens with one attached hydrogen (secondary N) is 1. The first-order chi connectivity index (χ1) is 15.3. The summed E-state index contributed by atoms with van der Waals surface area (Å²) in [5.41, 5.74) is 3.25. The van der Waals surface area contributed by atoms with E-state index in [0.717, 1.165) is 23.1 Å². The van der Waals surface area contributed by atoms with Gasteiger partial charge in [-0.25, -0.2) is 8.42 Å². The molecule has 3 rings (SSSR count). The predicted molar refractivity (Wildman–Crippen MR) is 134 cm³/mol. The van der Waals surface area contributed by atoms with Crippen LogP contribution in [0.25, 0.3) is 0 Å². The Morgan fingerprint density at radius 1 is 1.00 bits per heavy atom. The number of amides is 1. The summed E-state index contributed by atoms with van der Waals surface area (Å²) in [5.74, 6) is 0.475. The highest BCUT2D eigenvalue weighted by Crippen LogP contribution is 2.26. The number of nitrogens with zero attached hydrogens (tertiary/aromatic N) is 1. The number of carbonyl (C=O) groups excluding carboxylic acids is 1. The van der Waals surface area contributed by atoms with Gasteiger partial charge in [-0.15, -0.1) is 11.8 Å². The second-order valence-corrected chi connectivity index (χ2v) is 10.5. The molecule has 0 aliphatic rings. The molecule has 0 saturated heterocycles. The quantitative estimate of drug-likeness (QED) is 0.423. The fourth-order valence-electron chi connectivity index (χ4n) is 3.49. The molecular formula is C25H28N2O3S2. The molecule has 168 valence electrons. The van der Waals surface area contributed by atoms with E-state index in [1.54, 1.807) is 36.0 Å². The smallest absolute Gasteiger partial charge is 0.248 e. The van der Waals surface area contributed by atoms with Crippen molar-refractivity contribution in [1.82, 2.24) is 0 Å². The first kappa shape index (κ1) is 23.9. The van der Waals surface area contributed by atoms with Gasteiger partial charge in [-0.3, -0.25) is 9.10 Å². The van der Waals surface area contributed by atoms with E-state index in [-0.39, 0.29) is 5.91 Å². The van der Waals surface area contributed by atoms with Crippen molar-refractivity contribution in [2.24, 2.45) is 0 Å². The number of sulfonamides is 1. The van der Waals surface area contributed by atoms with Gasteiger partial charge in [0.05, 0.1) is 11.9 Å². The summed E-state index contributed by atoms with van der Waals surface area (Å²) in [6.45, 7) is 3.75. The van der Waals surface area contributed by atoms with Crippen LogP contribution in [0.5, 0.6) is 0 Å². The number of anilines is 2. The molecule has 5 nitrogen and oxygen atoms in total. The second kappa shape index (κ2) is 10.7. The zero-order valence-electron chi connectivity index (χ0n) is 18.5. The summed E-state index contributed by atoms with van der Waals surface area (Å²) < 4.78 is 26.3. The lowest BCUT2D eigenvalue weighted by molar-refractivity contribution is -0.117. The first-order valence-electron chi connectivity index (χ1n) is 10.4. The molecule has 0 aromatic heterocycles. The third-order valence-electron chi connectivity index (χ3n) is 5.04. The standard InChI is InChI=1S/C25H28N2O3S2/c1-4-24(27(32(3,29)30)21-11-7-5-8-12-21)25(28)26-23-16-15-20(17-19(23)2)18-31-22-13-9-6-10-14-22/h5-17,24H,4,18H2,1-3H3,(H,26,28)/t24-/m1/s1. The van der Waals surface area contributed by atoms with Crippen LogP contribution in [0.1, 0.15) is 24.5 Å². The summed E-state index contributed by atoms with van der Waals surface area (Å²) >= 11 is 1.75. The lowest BCUT2D eigenvalue weighted by Gasteiger charge is -2.30. The van der Waals surface area contributed by atoms with Gasteiger partial charge in [0.15, 0.2) is 0 Å². The summed E-state index contributed by atoms with van der Waals surface area (Å²) in [6, 6.07) is 24.0. The Hall–Kier alpha value is -2.77. The summed E-state index contributed by atoms with van der Waals surface area (Å²) in [6.07, 6.45) is 1.47. The molecule has 1 N–H and O–H groups in total. The van der Waals surface area contributed by atoms with Crippen molar-refractivity contribution in [3.8, 4) is 0 Å². The minimum absolute atomic E-state index is 0.346. The fraction of sp³-hybridized carbons (Fsp3) is 0.240. The minimum Gasteiger partial charge on any atom is -0.324 e. The van der Waals surface area contributed by atoms with Gasteiger partial charge in [0, 0.05) is 16.3 Å². The molecule has 0 heterocycles. The highest BCUT2D eigenvalue weighted by atomic mass is 32.2. The SMILES string of the molecule is CC[C@H](C(=O)Nc1ccc(CSc2ccccc2)cc1C)N(c1ccccc1)S(C)(=O)=O. The third kappa shape index (κ3) is 6.14. The van der Waals surface area contributed by atoms with Crippen LogP contribution < -0.4 is 9.62 Å². The molecule has 7 heteroatoms. The van der Waals surface area contributed by atoms with E-state index >= 15 is 0 Å². The molecule has 32 heavy (non-hydrogen) atoms. The maximum Gasteiger partial charge on any atom is 0.248 e. The van der Waals surface area contributed by atoms with Crippen molar-refractivity contribution >= 4 is 39.1 Å². The molecule has 3 aromatic rings. The number of carbonyl (C=O) groups is 1. The van der Waals surface area contributed by atoms with Crippen LogP contribution in [0, 0.1) is 6.92 Å². The highest BCUT2D eigenvalue weighted by molar-refractivity contribution is 7.98. The number of hydrogen-bond acceptors (Lipinski definition) is 4. The molecule has 3 aromatic carbocycles. The Balaban J connectivity index is 1.75. The van der Waals surface area contributed by atoms with E-state index in [4.69, 9.17) is 0 Å². The lowest BCUT2D eigenvalue weighted by atomic mass is 10.1. The molecule has 1 amide bonds. The van der Waals surface area contributed by atoms with Gasteiger partial charge >= 0.3 is 0 Å². The molecule has 0 aliphatic carbocycles. The van der Waals surface area contributed by atoms with Gasteiger partial charge in [0.1, 0.15) is 6.04 Å². The van der Waals surface area contributed by atoms with Crippen LogP contribution >= 0.6 is 11.8 Å². The average molecular weight is 469 g/mol. The van der Waals surface area contributed by atoms with Crippen LogP contribution in [0.4, 0.5) is 11.4 Å². The van der Waals surface area contributed by atoms with E-state index < -0.39 is 16.1 Å². The van der Waals surface area contributed by atoms with E-state index in [0.29, 0.717) is 17.8 Å². The highest BCUT2D eigenvalue weighted by Gasteiger charge is 2.31. The van der Waals surface area contributed by atoms with Crippen LogP contribution in [0.3, 0.4) is 0 Å². The Bertz CT molecular complexity index is 1150. The van der Waals surface area contributed by atoms with E-state index in [9.17, 15) is 13.2 Å². The number of benzene rings is 3. The van der Waals surface area contributed by atoms with Crippen LogP contribution in [-0.2, 0) is 20.6 Å². The van der Waals surface area contributed by atoms with E-state index in [1.165, 1.54) is 9.20 Å². The molecule has 0 spiro atoms. The predicted octanol–water partition coefficient (Wildman–Crippen LogP) is 5.47. The summed E-state index contributed by atoms with van der Waals surface area (Å²) in [5, 5.41) is 2.93. The lowest BCUT2D eigenvalue weighted by Crippen LogP contribution is -2.47. The van der Waals surface area contributed by atoms with Gasteiger partial charge in [-0.1, -0.05) is 55.5 Å². The van der Waals surface area contributed by atoms with E-state index in [2.05, 4.69) is 23.5 Å². The summed E-state index contributed by atoms with van der Waals surface area (Å²) in [7, 11) is -3.65. The molecule has 0 radical (unpaired) electrons. The molecule has 0 saturated carbocycles. The molecule has 0 bridgehead atoms. The molecular weight excluding hydrogens is 440 g/mol. The number of hydrogen-bond donors (Lipinski definition) is 1. The molecule has 0 fully saturated rings. The largest absolute Gasteiger partial charge is 0.324 e. The van der Waals surface area contributed by atoms with Crippen molar-refractivity contribution in [1.29, 1.82) is 0 Å². The number of aryl methyl sites for hydroxylation is 1. The normalized spacial score (nSPS) is 12.2. The van der Waals surface area contributed by atoms with Crippen molar-refractivity contribution in [3.05, 3.63) is 90.0 Å². The summed E-state index contributed by atoms with van der Waals surface area (Å²) in [4.78, 5) is 14.3. The van der Waals surface area contributed by atoms with Crippen LogP contribution in [0.2, 0.25) is 0 Å². The second-order valence-electron chi connectivity index (χ2n) is 7.56. The van der Waals surface area contributed by atoms with E-state index in [1.807, 2.05) is 50.2 Å². The van der Waals surface area contributed by atoms with Crippen LogP contribution in [-0.4, -0.2) is 26.6 Å². The van der Waals surface area contributed by atoms with Crippen molar-refractivity contribution < 1.29 is 13.2 Å². The Morgan fingerprint density at radius 2 is 1.62 bits per heavy atom. The monoisotopic (exact) mass is 468 g/mol. The van der Waals surface area contributed by atoms with Gasteiger partial charge in [0.25, 0.3) is 0 Å². The van der Waals surface area contributed by atoms with Gasteiger partial charge in [-0.05, 0) is 54.8 Å². The topological polar surface area (TPSA) is 66.5 Å². The number of para-hydroxylation sites is 1. The van der Waals surface area contributed by atoms with Crippen molar-refractivity contribution in [2.45, 2.75) is 37.0 Å². The van der Waals surface area contributed by atoms with Gasteiger partial charge in [-0.2, -0.15) is 0 Å². The maximum absolute atomic E-state index is 13.1. The maximum atomic E-state index is 13.1. The van der Waals surface area contributed by atoms with Gasteiger partial charge in [0.2, 0.25) is 15.9 Å². The number of thioether (sulfide) groups is 1. The fourth-order valence-corrected chi connectivity index (χ4v) is 5.56. The van der Waals surface area contributed by atoms with Crippen molar-refractivity contribution in [2.75, 3.05) is 15.9 Å².